The molecule has 1 rings (SSSR count). The predicted molar refractivity (Wildman–Crippen MR) is 65.3 cm³/mol. The fraction of sp³-hybridized carbons (Fsp3) is 0.636. The van der Waals surface area contributed by atoms with Crippen LogP contribution in [0.3, 0.4) is 0 Å². The van der Waals surface area contributed by atoms with Crippen LogP contribution in [0.15, 0.2) is 12.3 Å². The lowest BCUT2D eigenvalue weighted by Crippen LogP contribution is -2.08. The minimum absolute atomic E-state index is 0.299. The van der Waals surface area contributed by atoms with Crippen LogP contribution >= 0.6 is 0 Å². The van der Waals surface area contributed by atoms with E-state index < -0.39 is 0 Å². The summed E-state index contributed by atoms with van der Waals surface area (Å²) in [6, 6.07) is 1.81. The fourth-order valence-electron chi connectivity index (χ4n) is 1.23. The van der Waals surface area contributed by atoms with Crippen molar-refractivity contribution in [1.82, 2.24) is 9.97 Å². The SMILES string of the molecule is CC(C)OCCCCNc1ccnc(N)n1. The van der Waals surface area contributed by atoms with E-state index in [1.807, 2.05) is 13.8 Å². The van der Waals surface area contributed by atoms with Crippen LogP contribution in [0, 0.1) is 0 Å². The molecule has 1 aromatic heterocycles. The first-order chi connectivity index (χ1) is 7.68. The molecule has 0 amide bonds. The first-order valence-electron chi connectivity index (χ1n) is 5.62. The molecule has 0 saturated carbocycles. The quantitative estimate of drug-likeness (QED) is 0.689. The van der Waals surface area contributed by atoms with Gasteiger partial charge in [0.1, 0.15) is 5.82 Å². The maximum Gasteiger partial charge on any atom is 0.221 e. The maximum atomic E-state index is 5.46. The Hall–Kier alpha value is -1.36. The number of unbranched alkanes of at least 4 members (excludes halogenated alkanes) is 1. The lowest BCUT2D eigenvalue weighted by molar-refractivity contribution is 0.0765. The third kappa shape index (κ3) is 5.50. The summed E-state index contributed by atoms with van der Waals surface area (Å²) in [4.78, 5) is 7.87. The van der Waals surface area contributed by atoms with Crippen LogP contribution in [0.5, 0.6) is 0 Å². The fourth-order valence-corrected chi connectivity index (χ4v) is 1.23. The molecule has 5 nitrogen and oxygen atoms in total. The van der Waals surface area contributed by atoms with Crippen LogP contribution in [0.4, 0.5) is 11.8 Å². The number of aromatic nitrogens is 2. The molecule has 0 saturated heterocycles. The molecule has 0 atom stereocenters. The Labute approximate surface area is 96.4 Å². The molecule has 0 aromatic carbocycles. The number of hydrogen-bond donors (Lipinski definition) is 2. The number of anilines is 2. The van der Waals surface area contributed by atoms with Gasteiger partial charge in [-0.1, -0.05) is 0 Å². The van der Waals surface area contributed by atoms with Gasteiger partial charge in [-0.25, -0.2) is 4.98 Å². The van der Waals surface area contributed by atoms with Gasteiger partial charge in [0.2, 0.25) is 5.95 Å². The molecule has 0 spiro atoms. The number of nitrogens with zero attached hydrogens (tertiary/aromatic N) is 2. The topological polar surface area (TPSA) is 73.1 Å². The lowest BCUT2D eigenvalue weighted by Gasteiger charge is -2.08. The van der Waals surface area contributed by atoms with Crippen LogP contribution in [-0.4, -0.2) is 29.2 Å². The molecular formula is C11H20N4O. The molecule has 0 bridgehead atoms. The zero-order valence-corrected chi connectivity index (χ0v) is 9.94. The Morgan fingerprint density at radius 1 is 1.44 bits per heavy atom. The highest BCUT2D eigenvalue weighted by atomic mass is 16.5. The van der Waals surface area contributed by atoms with Crippen LogP contribution in [0.25, 0.3) is 0 Å². The summed E-state index contributed by atoms with van der Waals surface area (Å²) in [6.07, 6.45) is 4.06. The van der Waals surface area contributed by atoms with Gasteiger partial charge >= 0.3 is 0 Å². The molecule has 0 aliphatic carbocycles. The standard InChI is InChI=1S/C11H20N4O/c1-9(2)16-8-4-3-6-13-10-5-7-14-11(12)15-10/h5,7,9H,3-4,6,8H2,1-2H3,(H3,12,13,14,15). The van der Waals surface area contributed by atoms with Gasteiger partial charge in [0, 0.05) is 19.3 Å². The van der Waals surface area contributed by atoms with E-state index in [0.717, 1.165) is 31.8 Å². The van der Waals surface area contributed by atoms with E-state index >= 15 is 0 Å². The van der Waals surface area contributed by atoms with E-state index in [9.17, 15) is 0 Å². The van der Waals surface area contributed by atoms with Gasteiger partial charge < -0.3 is 15.8 Å². The number of hydrogen-bond acceptors (Lipinski definition) is 5. The van der Waals surface area contributed by atoms with Crippen molar-refractivity contribution in [1.29, 1.82) is 0 Å². The van der Waals surface area contributed by atoms with E-state index in [1.54, 1.807) is 12.3 Å². The van der Waals surface area contributed by atoms with Crippen LogP contribution in [0.1, 0.15) is 26.7 Å². The second-order valence-corrected chi connectivity index (χ2v) is 3.85. The van der Waals surface area contributed by atoms with Crippen LogP contribution in [-0.2, 0) is 4.74 Å². The minimum atomic E-state index is 0.299. The molecular weight excluding hydrogens is 204 g/mol. The molecule has 5 heteroatoms. The summed E-state index contributed by atoms with van der Waals surface area (Å²) < 4.78 is 5.44. The van der Waals surface area contributed by atoms with Gasteiger partial charge in [-0.15, -0.1) is 0 Å². The summed E-state index contributed by atoms with van der Waals surface area (Å²) in [6.45, 7) is 5.77. The van der Waals surface area contributed by atoms with Crippen molar-refractivity contribution in [2.45, 2.75) is 32.8 Å². The van der Waals surface area contributed by atoms with E-state index in [1.165, 1.54) is 0 Å². The van der Waals surface area contributed by atoms with E-state index in [2.05, 4.69) is 15.3 Å². The Kier molecular flexibility index (Phi) is 5.56. The molecule has 1 aromatic rings. The Morgan fingerprint density at radius 2 is 2.25 bits per heavy atom. The molecule has 0 aliphatic heterocycles. The number of nitrogens with two attached hydrogens (primary N) is 1. The highest BCUT2D eigenvalue weighted by molar-refractivity contribution is 5.36. The van der Waals surface area contributed by atoms with Crippen molar-refractivity contribution in [3.05, 3.63) is 12.3 Å². The number of nitrogens with one attached hydrogen (secondary N) is 1. The summed E-state index contributed by atoms with van der Waals surface area (Å²) in [5.74, 6) is 1.07. The molecule has 0 radical (unpaired) electrons. The van der Waals surface area contributed by atoms with E-state index in [-0.39, 0.29) is 0 Å². The summed E-state index contributed by atoms with van der Waals surface area (Å²) in [5.41, 5.74) is 5.46. The second-order valence-electron chi connectivity index (χ2n) is 3.85. The van der Waals surface area contributed by atoms with Crippen molar-refractivity contribution in [3.63, 3.8) is 0 Å². The van der Waals surface area contributed by atoms with Crippen molar-refractivity contribution in [2.75, 3.05) is 24.2 Å². The highest BCUT2D eigenvalue weighted by Crippen LogP contribution is 2.03. The van der Waals surface area contributed by atoms with Gasteiger partial charge in [-0.3, -0.25) is 0 Å². The van der Waals surface area contributed by atoms with Crippen LogP contribution < -0.4 is 11.1 Å². The molecule has 0 unspecified atom stereocenters. The monoisotopic (exact) mass is 224 g/mol. The van der Waals surface area contributed by atoms with E-state index in [0.29, 0.717) is 12.1 Å². The van der Waals surface area contributed by atoms with Crippen molar-refractivity contribution < 1.29 is 4.74 Å². The first kappa shape index (κ1) is 12.7. The van der Waals surface area contributed by atoms with Gasteiger partial charge in [-0.05, 0) is 32.8 Å². The zero-order valence-electron chi connectivity index (χ0n) is 9.94. The van der Waals surface area contributed by atoms with Crippen LogP contribution in [0.2, 0.25) is 0 Å². The molecule has 0 aliphatic rings. The van der Waals surface area contributed by atoms with Gasteiger partial charge in [0.05, 0.1) is 6.10 Å². The zero-order chi connectivity index (χ0) is 11.8. The smallest absolute Gasteiger partial charge is 0.221 e. The largest absolute Gasteiger partial charge is 0.379 e. The predicted octanol–water partition coefficient (Wildman–Crippen LogP) is 1.68. The van der Waals surface area contributed by atoms with Crippen molar-refractivity contribution in [2.24, 2.45) is 0 Å². The van der Waals surface area contributed by atoms with Crippen molar-refractivity contribution >= 4 is 11.8 Å². The maximum absolute atomic E-state index is 5.46. The molecule has 1 heterocycles. The Balaban J connectivity index is 2.07. The number of rotatable bonds is 7. The third-order valence-corrected chi connectivity index (χ3v) is 2.00. The second kappa shape index (κ2) is 7.00. The highest BCUT2D eigenvalue weighted by Gasteiger charge is 1.96. The number of ether oxygens (including phenoxy) is 1. The molecule has 3 N–H and O–H groups in total. The third-order valence-electron chi connectivity index (χ3n) is 2.00. The lowest BCUT2D eigenvalue weighted by atomic mass is 10.3. The molecule has 16 heavy (non-hydrogen) atoms. The average Bonchev–Trinajstić information content (AvgIpc) is 2.23. The summed E-state index contributed by atoms with van der Waals surface area (Å²) >= 11 is 0. The Morgan fingerprint density at radius 3 is 2.94 bits per heavy atom. The van der Waals surface area contributed by atoms with Gasteiger partial charge in [0.25, 0.3) is 0 Å². The normalized spacial score (nSPS) is 10.7. The van der Waals surface area contributed by atoms with Crippen molar-refractivity contribution in [3.8, 4) is 0 Å². The van der Waals surface area contributed by atoms with E-state index in [4.69, 9.17) is 10.5 Å². The van der Waals surface area contributed by atoms with Gasteiger partial charge in [0.15, 0.2) is 0 Å². The summed E-state index contributed by atoms with van der Waals surface area (Å²) in [7, 11) is 0. The van der Waals surface area contributed by atoms with Gasteiger partial charge in [-0.2, -0.15) is 4.98 Å². The number of nitrogen functional groups attached to an aromatic ring is 1. The average molecular weight is 224 g/mol. The summed E-state index contributed by atoms with van der Waals surface area (Å²) in [5, 5.41) is 3.19. The molecule has 90 valence electrons. The minimum Gasteiger partial charge on any atom is -0.379 e. The first-order valence-corrected chi connectivity index (χ1v) is 5.62. The Bertz CT molecular complexity index is 304. The molecule has 0 fully saturated rings.